The lowest BCUT2D eigenvalue weighted by Crippen LogP contribution is -2.15. The number of hydrogen-bond donors (Lipinski definition) is 2. The molecule has 0 aliphatic rings. The number of aromatic nitrogens is 1. The minimum atomic E-state index is -0.421. The van der Waals surface area contributed by atoms with Crippen LogP contribution in [0.2, 0.25) is 0 Å². The molecule has 1 amide bonds. The number of benzene rings is 2. The number of nitrogens with zero attached hydrogens (tertiary/aromatic N) is 1. The van der Waals surface area contributed by atoms with Crippen molar-refractivity contribution in [1.29, 1.82) is 0 Å². The molecule has 0 aliphatic carbocycles. The van der Waals surface area contributed by atoms with Gasteiger partial charge in [0, 0.05) is 0 Å². The first-order chi connectivity index (χ1) is 13.2. The summed E-state index contributed by atoms with van der Waals surface area (Å²) < 4.78 is 4.78. The Morgan fingerprint density at radius 3 is 2.41 bits per heavy atom. The molecule has 0 aliphatic heterocycles. The first kappa shape index (κ1) is 18.1. The Morgan fingerprint density at radius 2 is 1.70 bits per heavy atom. The fraction of sp³-hybridized carbons (Fsp3) is 0.0952. The number of methoxy groups -OCH3 is 1. The standard InChI is InChI=1S/C21H19N3O3/c1-27-21(26)17-9-5-6-10-18(17)23-16-11-12-19(22-14-16)24-20(25)13-15-7-3-2-4-8-15/h2-12,14,23H,13H2,1H3,(H,22,24,25). The molecule has 0 atom stereocenters. The van der Waals surface area contributed by atoms with Crippen LogP contribution in [-0.2, 0) is 16.0 Å². The Hall–Kier alpha value is -3.67. The van der Waals surface area contributed by atoms with E-state index in [4.69, 9.17) is 4.74 Å². The SMILES string of the molecule is COC(=O)c1ccccc1Nc1ccc(NC(=O)Cc2ccccc2)nc1. The molecule has 0 radical (unpaired) electrons. The van der Waals surface area contributed by atoms with Gasteiger partial charge in [-0.05, 0) is 29.8 Å². The van der Waals surface area contributed by atoms with Crippen LogP contribution in [0.3, 0.4) is 0 Å². The van der Waals surface area contributed by atoms with Crippen LogP contribution >= 0.6 is 0 Å². The number of amides is 1. The normalized spacial score (nSPS) is 10.1. The first-order valence-corrected chi connectivity index (χ1v) is 8.40. The lowest BCUT2D eigenvalue weighted by molar-refractivity contribution is -0.115. The number of carbonyl (C=O) groups excluding carboxylic acids is 2. The van der Waals surface area contributed by atoms with Crippen molar-refractivity contribution >= 4 is 29.1 Å². The summed E-state index contributed by atoms with van der Waals surface area (Å²) in [6, 6.07) is 20.0. The predicted octanol–water partition coefficient (Wildman–Crippen LogP) is 3.79. The number of nitrogens with one attached hydrogen (secondary N) is 2. The molecule has 6 heteroatoms. The van der Waals surface area contributed by atoms with Gasteiger partial charge in [-0.3, -0.25) is 4.79 Å². The molecule has 6 nitrogen and oxygen atoms in total. The molecule has 2 aromatic carbocycles. The Balaban J connectivity index is 1.64. The highest BCUT2D eigenvalue weighted by Crippen LogP contribution is 2.21. The van der Waals surface area contributed by atoms with Crippen LogP contribution in [0.1, 0.15) is 15.9 Å². The minimum absolute atomic E-state index is 0.134. The number of rotatable bonds is 6. The van der Waals surface area contributed by atoms with Gasteiger partial charge in [-0.15, -0.1) is 0 Å². The van der Waals surface area contributed by atoms with Crippen molar-refractivity contribution in [2.75, 3.05) is 17.7 Å². The summed E-state index contributed by atoms with van der Waals surface area (Å²) in [4.78, 5) is 28.2. The predicted molar refractivity (Wildman–Crippen MR) is 104 cm³/mol. The van der Waals surface area contributed by atoms with Gasteiger partial charge in [-0.2, -0.15) is 0 Å². The van der Waals surface area contributed by atoms with Gasteiger partial charge in [-0.25, -0.2) is 9.78 Å². The fourth-order valence-corrected chi connectivity index (χ4v) is 2.55. The van der Waals surface area contributed by atoms with E-state index < -0.39 is 5.97 Å². The molecule has 0 saturated heterocycles. The van der Waals surface area contributed by atoms with Gasteiger partial charge in [0.25, 0.3) is 0 Å². The molecule has 3 rings (SSSR count). The quantitative estimate of drug-likeness (QED) is 0.653. The molecule has 1 aromatic heterocycles. The van der Waals surface area contributed by atoms with E-state index in [1.807, 2.05) is 36.4 Å². The number of para-hydroxylation sites is 1. The maximum absolute atomic E-state index is 12.1. The Bertz CT molecular complexity index is 925. The van der Waals surface area contributed by atoms with Crippen molar-refractivity contribution in [3.05, 3.63) is 84.1 Å². The van der Waals surface area contributed by atoms with E-state index in [9.17, 15) is 9.59 Å². The van der Waals surface area contributed by atoms with E-state index in [0.717, 1.165) is 5.56 Å². The lowest BCUT2D eigenvalue weighted by atomic mass is 10.1. The maximum Gasteiger partial charge on any atom is 0.339 e. The zero-order chi connectivity index (χ0) is 19.1. The third kappa shape index (κ3) is 4.92. The highest BCUT2D eigenvalue weighted by atomic mass is 16.5. The first-order valence-electron chi connectivity index (χ1n) is 8.40. The Kier molecular flexibility index (Phi) is 5.79. The molecule has 1 heterocycles. The summed E-state index contributed by atoms with van der Waals surface area (Å²) in [5.41, 5.74) is 2.67. The van der Waals surface area contributed by atoms with Crippen molar-refractivity contribution in [3.8, 4) is 0 Å². The van der Waals surface area contributed by atoms with Crippen LogP contribution in [0.25, 0.3) is 0 Å². The Morgan fingerprint density at radius 1 is 0.963 bits per heavy atom. The number of esters is 1. The summed E-state index contributed by atoms with van der Waals surface area (Å²) >= 11 is 0. The van der Waals surface area contributed by atoms with Crippen molar-refractivity contribution in [3.63, 3.8) is 0 Å². The van der Waals surface area contributed by atoms with Crippen molar-refractivity contribution in [2.24, 2.45) is 0 Å². The van der Waals surface area contributed by atoms with Gasteiger partial charge in [0.1, 0.15) is 5.82 Å². The Labute approximate surface area is 157 Å². The highest BCUT2D eigenvalue weighted by molar-refractivity contribution is 5.96. The van der Waals surface area contributed by atoms with Crippen LogP contribution in [0.4, 0.5) is 17.2 Å². The third-order valence-electron chi connectivity index (χ3n) is 3.85. The van der Waals surface area contributed by atoms with Crippen molar-refractivity contribution < 1.29 is 14.3 Å². The summed E-state index contributed by atoms with van der Waals surface area (Å²) in [6.45, 7) is 0. The summed E-state index contributed by atoms with van der Waals surface area (Å²) in [5, 5.41) is 5.90. The summed E-state index contributed by atoms with van der Waals surface area (Å²) in [5.74, 6) is -0.0935. The number of carbonyl (C=O) groups is 2. The van der Waals surface area contributed by atoms with Gasteiger partial charge in [0.15, 0.2) is 0 Å². The highest BCUT2D eigenvalue weighted by Gasteiger charge is 2.11. The van der Waals surface area contributed by atoms with Gasteiger partial charge in [0.2, 0.25) is 5.91 Å². The number of hydrogen-bond acceptors (Lipinski definition) is 5. The van der Waals surface area contributed by atoms with Crippen LogP contribution < -0.4 is 10.6 Å². The molecule has 3 aromatic rings. The van der Waals surface area contributed by atoms with E-state index >= 15 is 0 Å². The smallest absolute Gasteiger partial charge is 0.339 e. The second-order valence-corrected chi connectivity index (χ2v) is 5.80. The van der Waals surface area contributed by atoms with E-state index in [-0.39, 0.29) is 12.3 Å². The molecule has 0 unspecified atom stereocenters. The largest absolute Gasteiger partial charge is 0.465 e. The summed E-state index contributed by atoms with van der Waals surface area (Å²) in [7, 11) is 1.34. The van der Waals surface area contributed by atoms with Gasteiger partial charge in [0.05, 0.1) is 36.7 Å². The van der Waals surface area contributed by atoms with E-state index in [1.54, 1.807) is 36.5 Å². The average molecular weight is 361 g/mol. The molecular weight excluding hydrogens is 342 g/mol. The number of anilines is 3. The van der Waals surface area contributed by atoms with Gasteiger partial charge >= 0.3 is 5.97 Å². The fourth-order valence-electron chi connectivity index (χ4n) is 2.55. The lowest BCUT2D eigenvalue weighted by Gasteiger charge is -2.11. The molecule has 136 valence electrons. The topological polar surface area (TPSA) is 80.3 Å². The van der Waals surface area contributed by atoms with Crippen LogP contribution in [0, 0.1) is 0 Å². The van der Waals surface area contributed by atoms with Crippen molar-refractivity contribution in [2.45, 2.75) is 6.42 Å². The zero-order valence-electron chi connectivity index (χ0n) is 14.8. The number of ether oxygens (including phenoxy) is 1. The zero-order valence-corrected chi connectivity index (χ0v) is 14.8. The minimum Gasteiger partial charge on any atom is -0.465 e. The number of pyridine rings is 1. The molecule has 0 saturated carbocycles. The average Bonchev–Trinajstić information content (AvgIpc) is 2.70. The van der Waals surface area contributed by atoms with E-state index in [1.165, 1.54) is 7.11 Å². The second-order valence-electron chi connectivity index (χ2n) is 5.80. The van der Waals surface area contributed by atoms with E-state index in [0.29, 0.717) is 22.8 Å². The molecule has 2 N–H and O–H groups in total. The molecule has 27 heavy (non-hydrogen) atoms. The molecular formula is C21H19N3O3. The summed E-state index contributed by atoms with van der Waals surface area (Å²) in [6.07, 6.45) is 1.88. The second kappa shape index (κ2) is 8.62. The van der Waals surface area contributed by atoms with Crippen LogP contribution in [0.5, 0.6) is 0 Å². The van der Waals surface area contributed by atoms with Gasteiger partial charge in [-0.1, -0.05) is 42.5 Å². The van der Waals surface area contributed by atoms with Crippen molar-refractivity contribution in [1.82, 2.24) is 4.98 Å². The van der Waals surface area contributed by atoms with Crippen LogP contribution in [0.15, 0.2) is 72.9 Å². The molecule has 0 spiro atoms. The maximum atomic E-state index is 12.1. The van der Waals surface area contributed by atoms with Crippen LogP contribution in [-0.4, -0.2) is 24.0 Å². The molecule has 0 bridgehead atoms. The third-order valence-corrected chi connectivity index (χ3v) is 3.85. The molecule has 0 fully saturated rings. The monoisotopic (exact) mass is 361 g/mol. The van der Waals surface area contributed by atoms with Gasteiger partial charge < -0.3 is 15.4 Å². The van der Waals surface area contributed by atoms with E-state index in [2.05, 4.69) is 15.6 Å².